The van der Waals surface area contributed by atoms with Crippen molar-refractivity contribution in [2.24, 2.45) is 0 Å². The molecule has 1 aliphatic heterocycles. The van der Waals surface area contributed by atoms with Crippen molar-refractivity contribution < 1.29 is 0 Å². The molecule has 3 aromatic rings. The Kier molecular flexibility index (Phi) is 6.20. The van der Waals surface area contributed by atoms with Gasteiger partial charge in [0.2, 0.25) is 0 Å². The minimum absolute atomic E-state index is 0.359. The predicted molar refractivity (Wildman–Crippen MR) is 117 cm³/mol. The number of nitrogens with zero attached hydrogens (tertiary/aromatic N) is 1. The van der Waals surface area contributed by atoms with E-state index in [-0.39, 0.29) is 0 Å². The highest BCUT2D eigenvalue weighted by molar-refractivity contribution is 5.24. The van der Waals surface area contributed by atoms with Crippen molar-refractivity contribution >= 4 is 0 Å². The first kappa shape index (κ1) is 18.9. The second kappa shape index (κ2) is 9.18. The van der Waals surface area contributed by atoms with Crippen LogP contribution in [0.1, 0.15) is 42.0 Å². The van der Waals surface area contributed by atoms with Crippen molar-refractivity contribution in [2.75, 3.05) is 13.1 Å². The summed E-state index contributed by atoms with van der Waals surface area (Å²) in [5.41, 5.74) is 4.21. The number of nitrogens with one attached hydrogen (secondary N) is 1. The van der Waals surface area contributed by atoms with E-state index in [4.69, 9.17) is 0 Å². The third-order valence-corrected chi connectivity index (χ3v) is 5.94. The quantitative estimate of drug-likeness (QED) is 0.625. The first-order valence-electron chi connectivity index (χ1n) is 10.4. The maximum absolute atomic E-state index is 3.94. The number of piperidine rings is 1. The van der Waals surface area contributed by atoms with Gasteiger partial charge in [-0.2, -0.15) is 0 Å². The minimum atomic E-state index is 0.359. The zero-order valence-electron chi connectivity index (χ0n) is 16.7. The molecule has 0 radical (unpaired) electrons. The lowest BCUT2D eigenvalue weighted by molar-refractivity contribution is 0.162. The molecule has 0 bridgehead atoms. The normalized spacial score (nSPS) is 21.3. The summed E-state index contributed by atoms with van der Waals surface area (Å²) < 4.78 is 0. The third-order valence-electron chi connectivity index (χ3n) is 5.94. The summed E-state index contributed by atoms with van der Waals surface area (Å²) in [5.74, 6) is 0.504. The van der Waals surface area contributed by atoms with E-state index in [1.54, 1.807) is 0 Å². The molecular formula is C26H30N2. The van der Waals surface area contributed by atoms with Crippen LogP contribution in [0.3, 0.4) is 0 Å². The van der Waals surface area contributed by atoms with E-state index in [1.807, 2.05) is 0 Å². The van der Waals surface area contributed by atoms with Crippen LogP contribution in [-0.4, -0.2) is 24.0 Å². The number of likely N-dealkylation sites (tertiary alicyclic amines) is 1. The van der Waals surface area contributed by atoms with Crippen LogP contribution in [0, 0.1) is 0 Å². The van der Waals surface area contributed by atoms with Crippen molar-refractivity contribution in [1.29, 1.82) is 0 Å². The summed E-state index contributed by atoms with van der Waals surface area (Å²) >= 11 is 0. The molecule has 0 saturated carbocycles. The largest absolute Gasteiger partial charge is 0.307 e. The smallest absolute Gasteiger partial charge is 0.0294 e. The SMILES string of the molecule is C[C@H](N[C@H]1CCN(Cc2ccccc2)C[C@H]1c1ccccc1)c1ccccc1. The summed E-state index contributed by atoms with van der Waals surface area (Å²) in [6.45, 7) is 5.55. The number of benzene rings is 3. The van der Waals surface area contributed by atoms with Gasteiger partial charge in [-0.25, -0.2) is 0 Å². The first-order valence-corrected chi connectivity index (χ1v) is 10.4. The molecule has 144 valence electrons. The highest BCUT2D eigenvalue weighted by atomic mass is 15.2. The van der Waals surface area contributed by atoms with Gasteiger partial charge in [0.25, 0.3) is 0 Å². The van der Waals surface area contributed by atoms with Crippen LogP contribution in [0.4, 0.5) is 0 Å². The molecule has 2 heteroatoms. The lowest BCUT2D eigenvalue weighted by Crippen LogP contribution is -2.48. The molecule has 1 aliphatic rings. The molecule has 1 N–H and O–H groups in total. The molecule has 3 atom stereocenters. The fourth-order valence-electron chi connectivity index (χ4n) is 4.40. The molecule has 0 aliphatic carbocycles. The molecule has 0 spiro atoms. The van der Waals surface area contributed by atoms with Crippen molar-refractivity contribution in [1.82, 2.24) is 10.2 Å². The summed E-state index contributed by atoms with van der Waals surface area (Å²) in [7, 11) is 0. The Morgan fingerprint density at radius 1 is 0.857 bits per heavy atom. The molecule has 1 heterocycles. The van der Waals surface area contributed by atoms with Crippen LogP contribution >= 0.6 is 0 Å². The van der Waals surface area contributed by atoms with Crippen LogP contribution in [0.2, 0.25) is 0 Å². The van der Waals surface area contributed by atoms with Gasteiger partial charge in [0.1, 0.15) is 0 Å². The van der Waals surface area contributed by atoms with Crippen LogP contribution in [0.5, 0.6) is 0 Å². The van der Waals surface area contributed by atoms with Gasteiger partial charge in [-0.3, -0.25) is 4.90 Å². The van der Waals surface area contributed by atoms with E-state index in [1.165, 1.54) is 23.1 Å². The average Bonchev–Trinajstić information content (AvgIpc) is 2.77. The Bertz CT molecular complexity index is 832. The van der Waals surface area contributed by atoms with Gasteiger partial charge in [-0.15, -0.1) is 0 Å². The van der Waals surface area contributed by atoms with Crippen molar-refractivity contribution in [3.8, 4) is 0 Å². The van der Waals surface area contributed by atoms with Crippen LogP contribution in [0.25, 0.3) is 0 Å². The van der Waals surface area contributed by atoms with Crippen molar-refractivity contribution in [3.63, 3.8) is 0 Å². The topological polar surface area (TPSA) is 15.3 Å². The predicted octanol–water partition coefficient (Wildman–Crippen LogP) is 5.40. The molecular weight excluding hydrogens is 340 g/mol. The Labute approximate surface area is 169 Å². The average molecular weight is 371 g/mol. The fraction of sp³-hybridized carbons (Fsp3) is 0.308. The van der Waals surface area contributed by atoms with Gasteiger partial charge in [0.15, 0.2) is 0 Å². The number of rotatable bonds is 6. The summed E-state index contributed by atoms with van der Waals surface area (Å²) in [6, 6.07) is 33.5. The minimum Gasteiger partial charge on any atom is -0.307 e. The Hall–Kier alpha value is -2.42. The summed E-state index contributed by atoms with van der Waals surface area (Å²) in [4.78, 5) is 2.61. The Balaban J connectivity index is 1.50. The summed E-state index contributed by atoms with van der Waals surface area (Å²) in [5, 5.41) is 3.94. The van der Waals surface area contributed by atoms with Gasteiger partial charge in [-0.1, -0.05) is 91.0 Å². The molecule has 0 amide bonds. The van der Waals surface area contributed by atoms with Gasteiger partial charge in [-0.05, 0) is 30.0 Å². The lowest BCUT2D eigenvalue weighted by atomic mass is 9.85. The summed E-state index contributed by atoms with van der Waals surface area (Å²) in [6.07, 6.45) is 1.17. The van der Waals surface area contributed by atoms with E-state index in [0.717, 1.165) is 19.6 Å². The molecule has 4 rings (SSSR count). The monoisotopic (exact) mass is 370 g/mol. The second-order valence-corrected chi connectivity index (χ2v) is 7.93. The molecule has 2 nitrogen and oxygen atoms in total. The first-order chi connectivity index (χ1) is 13.8. The second-order valence-electron chi connectivity index (χ2n) is 7.93. The third kappa shape index (κ3) is 4.70. The van der Waals surface area contributed by atoms with Crippen molar-refractivity contribution in [3.05, 3.63) is 108 Å². The molecule has 0 aromatic heterocycles. The van der Waals surface area contributed by atoms with Crippen LogP contribution in [0.15, 0.2) is 91.0 Å². The fourth-order valence-corrected chi connectivity index (χ4v) is 4.40. The van der Waals surface area contributed by atoms with Crippen molar-refractivity contribution in [2.45, 2.75) is 37.9 Å². The molecule has 0 unspecified atom stereocenters. The van der Waals surface area contributed by atoms with E-state index < -0.39 is 0 Å². The van der Waals surface area contributed by atoms with E-state index in [2.05, 4.69) is 108 Å². The van der Waals surface area contributed by atoms with Gasteiger partial charge >= 0.3 is 0 Å². The number of hydrogen-bond acceptors (Lipinski definition) is 2. The van der Waals surface area contributed by atoms with E-state index in [0.29, 0.717) is 18.0 Å². The maximum Gasteiger partial charge on any atom is 0.0294 e. The zero-order valence-corrected chi connectivity index (χ0v) is 16.7. The maximum atomic E-state index is 3.94. The van der Waals surface area contributed by atoms with Crippen LogP contribution < -0.4 is 5.32 Å². The molecule has 1 saturated heterocycles. The van der Waals surface area contributed by atoms with Gasteiger partial charge in [0, 0.05) is 37.6 Å². The molecule has 3 aromatic carbocycles. The lowest BCUT2D eigenvalue weighted by Gasteiger charge is -2.40. The van der Waals surface area contributed by atoms with Gasteiger partial charge < -0.3 is 5.32 Å². The zero-order chi connectivity index (χ0) is 19.2. The Morgan fingerprint density at radius 2 is 1.46 bits per heavy atom. The van der Waals surface area contributed by atoms with Crippen LogP contribution in [-0.2, 0) is 6.54 Å². The van der Waals surface area contributed by atoms with Gasteiger partial charge in [0.05, 0.1) is 0 Å². The highest BCUT2D eigenvalue weighted by Crippen LogP contribution is 2.30. The Morgan fingerprint density at radius 3 is 2.14 bits per heavy atom. The standard InChI is InChI=1S/C26H30N2/c1-21(23-13-7-3-8-14-23)27-26-17-18-28(19-22-11-5-2-6-12-22)20-25(26)24-15-9-4-10-16-24/h2-16,21,25-27H,17-20H2,1H3/t21-,25-,26-/m0/s1. The molecule has 28 heavy (non-hydrogen) atoms. The number of hydrogen-bond donors (Lipinski definition) is 1. The van der Waals surface area contributed by atoms with E-state index >= 15 is 0 Å². The highest BCUT2D eigenvalue weighted by Gasteiger charge is 2.31. The molecule has 1 fully saturated rings. The van der Waals surface area contributed by atoms with E-state index in [9.17, 15) is 0 Å².